The average molecular weight is 266 g/mol. The van der Waals surface area contributed by atoms with Gasteiger partial charge in [0.05, 0.1) is 21.2 Å². The molecule has 0 bridgehead atoms. The number of aromatic nitrogens is 1. The first-order valence-electron chi connectivity index (χ1n) is 5.74. The van der Waals surface area contributed by atoms with Gasteiger partial charge in [0.2, 0.25) is 0 Å². The molecule has 1 N–H and O–H groups in total. The molecule has 1 heterocycles. The van der Waals surface area contributed by atoms with Gasteiger partial charge in [0, 0.05) is 11.5 Å². The highest BCUT2D eigenvalue weighted by atomic mass is 32.1. The molecule has 1 aromatic heterocycles. The van der Waals surface area contributed by atoms with Gasteiger partial charge in [-0.1, -0.05) is 13.0 Å². The van der Waals surface area contributed by atoms with Crippen LogP contribution in [0.25, 0.3) is 10.2 Å². The molecule has 1 aromatic carbocycles. The van der Waals surface area contributed by atoms with Gasteiger partial charge in [0.1, 0.15) is 0 Å². The maximum Gasteiger partial charge on any atom is 0.299 e. The Morgan fingerprint density at radius 2 is 2.28 bits per heavy atom. The highest BCUT2D eigenvalue weighted by Gasteiger charge is 2.27. The third-order valence-corrected chi connectivity index (χ3v) is 3.91. The molecule has 0 fully saturated rings. The zero-order valence-electron chi connectivity index (χ0n) is 10.2. The van der Waals surface area contributed by atoms with Crippen molar-refractivity contribution in [2.45, 2.75) is 32.3 Å². The Morgan fingerprint density at radius 1 is 1.56 bits per heavy atom. The van der Waals surface area contributed by atoms with Gasteiger partial charge in [-0.2, -0.15) is 0 Å². The molecule has 2 rings (SSSR count). The first kappa shape index (κ1) is 12.9. The molecule has 2 atom stereocenters. The predicted molar refractivity (Wildman–Crippen MR) is 71.0 cm³/mol. The van der Waals surface area contributed by atoms with E-state index in [-0.39, 0.29) is 11.6 Å². The summed E-state index contributed by atoms with van der Waals surface area (Å²) in [6.45, 7) is 3.56. The van der Waals surface area contributed by atoms with E-state index in [0.717, 1.165) is 4.70 Å². The number of nitro groups is 1. The molecule has 96 valence electrons. The zero-order valence-corrected chi connectivity index (χ0v) is 11.0. The maximum absolute atomic E-state index is 11.3. The van der Waals surface area contributed by atoms with Crippen LogP contribution in [-0.4, -0.2) is 21.1 Å². The van der Waals surface area contributed by atoms with Crippen LogP contribution in [0.15, 0.2) is 17.6 Å². The predicted octanol–water partition coefficient (Wildman–Crippen LogP) is 3.08. The van der Waals surface area contributed by atoms with E-state index >= 15 is 0 Å². The van der Waals surface area contributed by atoms with Crippen LogP contribution in [0, 0.1) is 10.1 Å². The summed E-state index contributed by atoms with van der Waals surface area (Å²) in [4.78, 5) is 14.9. The first-order chi connectivity index (χ1) is 8.56. The monoisotopic (exact) mass is 266 g/mol. The third-order valence-electron chi connectivity index (χ3n) is 3.11. The van der Waals surface area contributed by atoms with Gasteiger partial charge >= 0.3 is 0 Å². The number of fused-ring (bicyclic) bond motifs is 1. The summed E-state index contributed by atoms with van der Waals surface area (Å²) < 4.78 is 0.797. The highest BCUT2D eigenvalue weighted by Crippen LogP contribution is 2.37. The molecule has 0 saturated carbocycles. The van der Waals surface area contributed by atoms with Gasteiger partial charge in [0.25, 0.3) is 5.69 Å². The molecule has 0 aliphatic rings. The van der Waals surface area contributed by atoms with Crippen molar-refractivity contribution in [3.8, 4) is 0 Å². The molecular formula is C12H14N2O3S. The number of thiazole rings is 1. The van der Waals surface area contributed by atoms with Crippen LogP contribution in [0.4, 0.5) is 5.69 Å². The molecular weight excluding hydrogens is 252 g/mol. The van der Waals surface area contributed by atoms with E-state index < -0.39 is 11.0 Å². The lowest BCUT2D eigenvalue weighted by Crippen LogP contribution is -2.15. The Morgan fingerprint density at radius 3 is 2.83 bits per heavy atom. The molecule has 2 aromatic rings. The van der Waals surface area contributed by atoms with E-state index in [1.165, 1.54) is 11.3 Å². The fourth-order valence-corrected chi connectivity index (χ4v) is 2.92. The van der Waals surface area contributed by atoms with Crippen molar-refractivity contribution in [3.05, 3.63) is 33.3 Å². The van der Waals surface area contributed by atoms with Crippen molar-refractivity contribution < 1.29 is 10.0 Å². The van der Waals surface area contributed by atoms with E-state index in [1.807, 2.05) is 13.0 Å². The van der Waals surface area contributed by atoms with Crippen molar-refractivity contribution in [2.75, 3.05) is 0 Å². The normalized spacial score (nSPS) is 14.6. The first-order valence-corrected chi connectivity index (χ1v) is 6.62. The number of aliphatic hydroxyl groups excluding tert-OH is 1. The molecule has 18 heavy (non-hydrogen) atoms. The number of benzene rings is 1. The molecule has 5 nitrogen and oxygen atoms in total. The lowest BCUT2D eigenvalue weighted by molar-refractivity contribution is -0.384. The van der Waals surface area contributed by atoms with Crippen LogP contribution < -0.4 is 0 Å². The van der Waals surface area contributed by atoms with E-state index in [2.05, 4.69) is 4.98 Å². The maximum atomic E-state index is 11.3. The molecule has 6 heteroatoms. The van der Waals surface area contributed by atoms with Gasteiger partial charge in [-0.15, -0.1) is 11.3 Å². The second kappa shape index (κ2) is 4.99. The van der Waals surface area contributed by atoms with Crippen molar-refractivity contribution >= 4 is 27.2 Å². The molecule has 2 unspecified atom stereocenters. The summed E-state index contributed by atoms with van der Waals surface area (Å²) in [5, 5.41) is 21.0. The lowest BCUT2D eigenvalue weighted by atomic mass is 9.90. The summed E-state index contributed by atoms with van der Waals surface area (Å²) in [5.41, 5.74) is 2.61. The molecule has 0 aliphatic carbocycles. The number of nitro benzene ring substituents is 1. The minimum Gasteiger partial charge on any atom is -0.393 e. The fourth-order valence-electron chi connectivity index (χ4n) is 2.24. The summed E-state index contributed by atoms with van der Waals surface area (Å²) in [7, 11) is 0. The Kier molecular flexibility index (Phi) is 3.58. The molecule has 0 aliphatic heterocycles. The van der Waals surface area contributed by atoms with Crippen LogP contribution in [0.1, 0.15) is 31.7 Å². The van der Waals surface area contributed by atoms with E-state index in [4.69, 9.17) is 0 Å². The average Bonchev–Trinajstić information content (AvgIpc) is 2.76. The minimum atomic E-state index is -0.621. The number of nitrogens with zero attached hydrogens (tertiary/aromatic N) is 2. The van der Waals surface area contributed by atoms with E-state index in [1.54, 1.807) is 18.5 Å². The fraction of sp³-hybridized carbons (Fsp3) is 0.417. The van der Waals surface area contributed by atoms with Gasteiger partial charge in [0.15, 0.2) is 5.52 Å². The third kappa shape index (κ3) is 2.09. The smallest absolute Gasteiger partial charge is 0.299 e. The van der Waals surface area contributed by atoms with Crippen molar-refractivity contribution in [2.24, 2.45) is 0 Å². The second-order valence-corrected chi connectivity index (χ2v) is 5.10. The van der Waals surface area contributed by atoms with Gasteiger partial charge in [-0.3, -0.25) is 10.1 Å². The highest BCUT2D eigenvalue weighted by molar-refractivity contribution is 7.16. The Labute approximate surface area is 108 Å². The van der Waals surface area contributed by atoms with Crippen LogP contribution in [0.3, 0.4) is 0 Å². The Hall–Kier alpha value is -1.53. The number of hydrogen-bond donors (Lipinski definition) is 1. The SMILES string of the molecule is CCC(c1ccc2scnc2c1[N+](=O)[O-])C(C)O. The standard InChI is InChI=1S/C12H14N2O3S/c1-3-8(7(2)15)9-4-5-10-11(13-6-18-10)12(9)14(16)17/h4-8,15H,3H2,1-2H3. The summed E-state index contributed by atoms with van der Waals surface area (Å²) in [5.74, 6) is -0.239. The number of rotatable bonds is 4. The molecule has 0 spiro atoms. The molecule has 0 saturated heterocycles. The van der Waals surface area contributed by atoms with Crippen molar-refractivity contribution in [1.29, 1.82) is 0 Å². The van der Waals surface area contributed by atoms with Crippen molar-refractivity contribution in [1.82, 2.24) is 4.98 Å². The van der Waals surface area contributed by atoms with E-state index in [0.29, 0.717) is 17.5 Å². The minimum absolute atomic E-state index is 0.0292. The molecule has 0 radical (unpaired) electrons. The lowest BCUT2D eigenvalue weighted by Gasteiger charge is -2.18. The number of hydrogen-bond acceptors (Lipinski definition) is 5. The number of aliphatic hydroxyl groups is 1. The van der Waals surface area contributed by atoms with Gasteiger partial charge in [-0.25, -0.2) is 4.98 Å². The van der Waals surface area contributed by atoms with Crippen molar-refractivity contribution in [3.63, 3.8) is 0 Å². The quantitative estimate of drug-likeness (QED) is 0.681. The largest absolute Gasteiger partial charge is 0.393 e. The summed E-state index contributed by atoms with van der Waals surface area (Å²) in [6.07, 6.45) is 0.0264. The van der Waals surface area contributed by atoms with E-state index in [9.17, 15) is 15.2 Å². The van der Waals surface area contributed by atoms with Gasteiger partial charge < -0.3 is 5.11 Å². The van der Waals surface area contributed by atoms with Gasteiger partial charge in [-0.05, 0) is 19.4 Å². The second-order valence-electron chi connectivity index (χ2n) is 4.21. The summed E-state index contributed by atoms with van der Waals surface area (Å²) in [6, 6.07) is 3.57. The van der Waals surface area contributed by atoms with Crippen LogP contribution in [0.2, 0.25) is 0 Å². The zero-order chi connectivity index (χ0) is 13.3. The van der Waals surface area contributed by atoms with Crippen LogP contribution >= 0.6 is 11.3 Å². The summed E-state index contributed by atoms with van der Waals surface area (Å²) >= 11 is 1.38. The topological polar surface area (TPSA) is 76.3 Å². The van der Waals surface area contributed by atoms with Crippen LogP contribution in [0.5, 0.6) is 0 Å². The Balaban J connectivity index is 2.69. The molecule has 0 amide bonds. The van der Waals surface area contributed by atoms with Crippen LogP contribution in [-0.2, 0) is 0 Å². The Bertz CT molecular complexity index is 580.